The van der Waals surface area contributed by atoms with E-state index in [1.54, 1.807) is 0 Å². The zero-order valence-corrected chi connectivity index (χ0v) is 10.8. The first kappa shape index (κ1) is 12.5. The molecule has 0 aliphatic carbocycles. The molecule has 102 valence electrons. The number of sulfonamides is 1. The lowest BCUT2D eigenvalue weighted by molar-refractivity contribution is 0.598. The first-order valence-electron chi connectivity index (χ1n) is 5.51. The molecule has 0 radical (unpaired) electrons. The third-order valence-corrected chi connectivity index (χ3v) is 3.71. The topological polar surface area (TPSA) is 124 Å². The molecule has 2 heterocycles. The largest absolute Gasteiger partial charge is 0.312 e. The van der Waals surface area contributed by atoms with Gasteiger partial charge in [-0.05, 0) is 24.3 Å². The van der Waals surface area contributed by atoms with Crippen LogP contribution in [0.1, 0.15) is 0 Å². The smallest absolute Gasteiger partial charge is 0.261 e. The van der Waals surface area contributed by atoms with E-state index in [4.69, 9.17) is 5.14 Å². The third-order valence-electron chi connectivity index (χ3n) is 2.78. The summed E-state index contributed by atoms with van der Waals surface area (Å²) in [6.45, 7) is 0. The SMILES string of the molecule is NS(=O)(=O)c1ccc(-n2ncc3c(=O)[nH]cnc32)cc1. The average Bonchev–Trinajstić information content (AvgIpc) is 2.83. The van der Waals surface area contributed by atoms with Crippen LogP contribution in [0.25, 0.3) is 16.7 Å². The minimum Gasteiger partial charge on any atom is -0.312 e. The molecule has 0 amide bonds. The molecule has 0 unspecified atom stereocenters. The van der Waals surface area contributed by atoms with Crippen molar-refractivity contribution in [3.8, 4) is 5.69 Å². The number of aromatic nitrogens is 4. The molecule has 0 spiro atoms. The summed E-state index contributed by atoms with van der Waals surface area (Å²) in [7, 11) is -3.74. The van der Waals surface area contributed by atoms with Crippen LogP contribution in [0, 0.1) is 0 Å². The van der Waals surface area contributed by atoms with Crippen molar-refractivity contribution in [3.63, 3.8) is 0 Å². The van der Waals surface area contributed by atoms with Crippen molar-refractivity contribution < 1.29 is 8.42 Å². The lowest BCUT2D eigenvalue weighted by Gasteiger charge is -2.03. The molecule has 0 saturated carbocycles. The summed E-state index contributed by atoms with van der Waals surface area (Å²) in [5, 5.41) is 9.45. The number of fused-ring (bicyclic) bond motifs is 1. The Balaban J connectivity index is 2.17. The van der Waals surface area contributed by atoms with Crippen LogP contribution in [0.15, 0.2) is 46.5 Å². The van der Waals surface area contributed by atoms with Gasteiger partial charge in [0.25, 0.3) is 5.56 Å². The van der Waals surface area contributed by atoms with Crippen molar-refractivity contribution >= 4 is 21.1 Å². The van der Waals surface area contributed by atoms with Crippen LogP contribution >= 0.6 is 0 Å². The van der Waals surface area contributed by atoms with Gasteiger partial charge in [0, 0.05) is 0 Å². The van der Waals surface area contributed by atoms with Crippen LogP contribution in [0.4, 0.5) is 0 Å². The zero-order chi connectivity index (χ0) is 14.3. The van der Waals surface area contributed by atoms with Gasteiger partial charge in [-0.15, -0.1) is 0 Å². The summed E-state index contributed by atoms with van der Waals surface area (Å²) in [6, 6.07) is 5.81. The average molecular weight is 291 g/mol. The molecule has 3 rings (SSSR count). The quantitative estimate of drug-likeness (QED) is 0.674. The maximum Gasteiger partial charge on any atom is 0.261 e. The van der Waals surface area contributed by atoms with E-state index < -0.39 is 10.0 Å². The van der Waals surface area contributed by atoms with E-state index >= 15 is 0 Å². The number of nitrogens with zero attached hydrogens (tertiary/aromatic N) is 3. The third kappa shape index (κ3) is 1.98. The van der Waals surface area contributed by atoms with E-state index in [2.05, 4.69) is 15.1 Å². The molecular weight excluding hydrogens is 282 g/mol. The van der Waals surface area contributed by atoms with Crippen molar-refractivity contribution in [1.82, 2.24) is 19.7 Å². The molecule has 9 heteroatoms. The highest BCUT2D eigenvalue weighted by atomic mass is 32.2. The predicted octanol–water partition coefficient (Wildman–Crippen LogP) is -0.244. The first-order chi connectivity index (χ1) is 9.47. The molecule has 0 bridgehead atoms. The molecule has 20 heavy (non-hydrogen) atoms. The minimum absolute atomic E-state index is 0.00326. The summed E-state index contributed by atoms with van der Waals surface area (Å²) in [6.07, 6.45) is 2.68. The van der Waals surface area contributed by atoms with Crippen LogP contribution in [0.3, 0.4) is 0 Å². The number of rotatable bonds is 2. The second-order valence-electron chi connectivity index (χ2n) is 4.06. The van der Waals surface area contributed by atoms with Crippen LogP contribution in [0.2, 0.25) is 0 Å². The Hall–Kier alpha value is -2.52. The van der Waals surface area contributed by atoms with E-state index in [-0.39, 0.29) is 10.5 Å². The lowest BCUT2D eigenvalue weighted by atomic mass is 10.3. The fourth-order valence-corrected chi connectivity index (χ4v) is 2.34. The predicted molar refractivity (Wildman–Crippen MR) is 70.9 cm³/mol. The normalized spacial score (nSPS) is 11.8. The monoisotopic (exact) mass is 291 g/mol. The van der Waals surface area contributed by atoms with Gasteiger partial charge in [-0.3, -0.25) is 4.79 Å². The number of aromatic amines is 1. The highest BCUT2D eigenvalue weighted by Gasteiger charge is 2.11. The van der Waals surface area contributed by atoms with Crippen LogP contribution in [0.5, 0.6) is 0 Å². The van der Waals surface area contributed by atoms with Gasteiger partial charge in [0.15, 0.2) is 5.65 Å². The van der Waals surface area contributed by atoms with Crippen LogP contribution < -0.4 is 10.7 Å². The summed E-state index contributed by atoms with van der Waals surface area (Å²) in [4.78, 5) is 18.1. The lowest BCUT2D eigenvalue weighted by Crippen LogP contribution is -2.12. The molecule has 1 aromatic carbocycles. The Morgan fingerprint density at radius 3 is 2.55 bits per heavy atom. The molecule has 2 aromatic heterocycles. The van der Waals surface area contributed by atoms with Crippen molar-refractivity contribution in [1.29, 1.82) is 0 Å². The van der Waals surface area contributed by atoms with E-state index in [1.165, 1.54) is 41.5 Å². The highest BCUT2D eigenvalue weighted by Crippen LogP contribution is 2.15. The minimum atomic E-state index is -3.74. The molecule has 0 aliphatic heterocycles. The summed E-state index contributed by atoms with van der Waals surface area (Å²) in [5.41, 5.74) is 0.671. The van der Waals surface area contributed by atoms with Gasteiger partial charge < -0.3 is 4.98 Å². The number of H-pyrrole nitrogens is 1. The number of hydrogen-bond acceptors (Lipinski definition) is 5. The van der Waals surface area contributed by atoms with Gasteiger partial charge >= 0.3 is 0 Å². The molecular formula is C11H9N5O3S. The van der Waals surface area contributed by atoms with Gasteiger partial charge in [0.05, 0.1) is 23.1 Å². The fourth-order valence-electron chi connectivity index (χ4n) is 1.82. The molecule has 0 atom stereocenters. The number of primary sulfonamides is 1. The Morgan fingerprint density at radius 2 is 1.90 bits per heavy atom. The van der Waals surface area contributed by atoms with Crippen molar-refractivity contribution in [3.05, 3.63) is 47.1 Å². The molecule has 8 nitrogen and oxygen atoms in total. The highest BCUT2D eigenvalue weighted by molar-refractivity contribution is 7.89. The first-order valence-corrected chi connectivity index (χ1v) is 7.06. The Morgan fingerprint density at radius 1 is 1.20 bits per heavy atom. The van der Waals surface area contributed by atoms with Gasteiger partial charge in [-0.1, -0.05) is 0 Å². The Kier molecular flexibility index (Phi) is 2.66. The van der Waals surface area contributed by atoms with Crippen LogP contribution in [-0.4, -0.2) is 28.2 Å². The van der Waals surface area contributed by atoms with Crippen molar-refractivity contribution in [2.45, 2.75) is 4.90 Å². The second kappa shape index (κ2) is 4.25. The molecule has 0 saturated heterocycles. The van der Waals surface area contributed by atoms with E-state index in [0.717, 1.165) is 0 Å². The number of benzene rings is 1. The van der Waals surface area contributed by atoms with Crippen molar-refractivity contribution in [2.75, 3.05) is 0 Å². The molecule has 3 aromatic rings. The summed E-state index contributed by atoms with van der Waals surface area (Å²) in [5.74, 6) is 0. The number of hydrogen-bond donors (Lipinski definition) is 2. The second-order valence-corrected chi connectivity index (χ2v) is 5.63. The van der Waals surface area contributed by atoms with Crippen LogP contribution in [-0.2, 0) is 10.0 Å². The van der Waals surface area contributed by atoms with Crippen molar-refractivity contribution in [2.24, 2.45) is 5.14 Å². The maximum atomic E-state index is 11.6. The summed E-state index contributed by atoms with van der Waals surface area (Å²) < 4.78 is 23.8. The summed E-state index contributed by atoms with van der Waals surface area (Å²) >= 11 is 0. The Labute approximate surface area is 112 Å². The van der Waals surface area contributed by atoms with E-state index in [0.29, 0.717) is 16.7 Å². The fraction of sp³-hybridized carbons (Fsp3) is 0. The molecule has 0 aliphatic rings. The van der Waals surface area contributed by atoms with Gasteiger partial charge in [-0.25, -0.2) is 23.2 Å². The standard InChI is InChI=1S/C11H9N5O3S/c12-20(18,19)8-3-1-7(2-4-8)16-10-9(5-15-16)11(17)14-6-13-10/h1-6H,(H2,12,18,19)(H,13,14,17). The Bertz CT molecular complexity index is 940. The number of nitrogens with two attached hydrogens (primary N) is 1. The van der Waals surface area contributed by atoms with E-state index in [1.807, 2.05) is 0 Å². The molecule has 3 N–H and O–H groups in total. The maximum absolute atomic E-state index is 11.6. The zero-order valence-electron chi connectivity index (χ0n) is 10.0. The molecule has 0 fully saturated rings. The van der Waals surface area contributed by atoms with Gasteiger partial charge in [0.2, 0.25) is 10.0 Å². The van der Waals surface area contributed by atoms with E-state index in [9.17, 15) is 13.2 Å². The van der Waals surface area contributed by atoms with Gasteiger partial charge in [-0.2, -0.15) is 5.10 Å². The number of nitrogens with one attached hydrogen (secondary N) is 1. The van der Waals surface area contributed by atoms with Gasteiger partial charge in [0.1, 0.15) is 5.39 Å².